The maximum Gasteiger partial charge on any atom is 0.322 e. The van der Waals surface area contributed by atoms with E-state index in [1.807, 2.05) is 46.9 Å². The minimum Gasteiger partial charge on any atom is -0.324 e. The molecule has 32 heavy (non-hydrogen) atoms. The molecule has 2 aliphatic rings. The Labute approximate surface area is 192 Å². The molecule has 0 bridgehead atoms. The zero-order chi connectivity index (χ0) is 21.8. The smallest absolute Gasteiger partial charge is 0.322 e. The summed E-state index contributed by atoms with van der Waals surface area (Å²) in [6.07, 6.45) is 8.38. The fraction of sp³-hybridized carbons (Fsp3) is 0.375. The van der Waals surface area contributed by atoms with Gasteiger partial charge >= 0.3 is 6.03 Å². The molecule has 1 unspecified atom stereocenters. The van der Waals surface area contributed by atoms with E-state index in [1.165, 1.54) is 25.9 Å². The van der Waals surface area contributed by atoms with Gasteiger partial charge < -0.3 is 20.4 Å². The molecule has 8 heteroatoms. The maximum atomic E-state index is 12.9. The van der Waals surface area contributed by atoms with E-state index in [4.69, 9.17) is 0 Å². The van der Waals surface area contributed by atoms with Crippen LogP contribution in [0.15, 0.2) is 53.5 Å². The first-order valence-corrected chi connectivity index (χ1v) is 12.2. The third-order valence-corrected chi connectivity index (χ3v) is 6.89. The second-order valence-corrected chi connectivity index (χ2v) is 9.22. The van der Waals surface area contributed by atoms with Gasteiger partial charge in [-0.3, -0.25) is 0 Å². The molecule has 5 rings (SSSR count). The molecule has 0 aliphatic carbocycles. The molecule has 0 spiro atoms. The highest BCUT2D eigenvalue weighted by atomic mass is 32.1. The Kier molecular flexibility index (Phi) is 6.31. The van der Waals surface area contributed by atoms with Crippen LogP contribution in [0.25, 0.3) is 11.1 Å². The van der Waals surface area contributed by atoms with Gasteiger partial charge in [-0.25, -0.2) is 14.8 Å². The van der Waals surface area contributed by atoms with Crippen LogP contribution in [0, 0.1) is 0 Å². The number of urea groups is 1. The van der Waals surface area contributed by atoms with E-state index in [0.717, 1.165) is 48.4 Å². The zero-order valence-corrected chi connectivity index (χ0v) is 18.9. The molecule has 2 aliphatic heterocycles. The molecular formula is C24H28N6OS. The number of aromatic nitrogens is 2. The van der Waals surface area contributed by atoms with Crippen molar-refractivity contribution in [3.8, 4) is 11.1 Å². The lowest BCUT2D eigenvalue weighted by Gasteiger charge is -2.28. The molecule has 2 amide bonds. The summed E-state index contributed by atoms with van der Waals surface area (Å²) >= 11 is 1.66. The molecule has 4 heterocycles. The molecule has 1 aromatic carbocycles. The standard InChI is InChI=1S/C24H28N6OS/c31-24(30-12-3-4-22(30)16-29-10-1-2-11-29)28-21-7-5-20(6-8-21)27-23-25-14-19(15-26-23)18-9-13-32-17-18/h5-9,13-15,17,22H,1-4,10-12,16H2,(H,28,31)(H,25,26,27). The predicted octanol–water partition coefficient (Wildman–Crippen LogP) is 5.04. The number of amides is 2. The van der Waals surface area contributed by atoms with Crippen molar-refractivity contribution >= 4 is 34.7 Å². The van der Waals surface area contributed by atoms with Crippen LogP contribution in [0.2, 0.25) is 0 Å². The van der Waals surface area contributed by atoms with Gasteiger partial charge in [0.05, 0.1) is 0 Å². The van der Waals surface area contributed by atoms with Crippen molar-refractivity contribution in [2.75, 3.05) is 36.8 Å². The van der Waals surface area contributed by atoms with E-state index in [1.54, 1.807) is 11.3 Å². The van der Waals surface area contributed by atoms with Crippen molar-refractivity contribution < 1.29 is 4.79 Å². The number of rotatable bonds is 6. The Bertz CT molecular complexity index is 1020. The Hall–Kier alpha value is -2.97. The van der Waals surface area contributed by atoms with E-state index in [-0.39, 0.29) is 6.03 Å². The van der Waals surface area contributed by atoms with Crippen LogP contribution >= 0.6 is 11.3 Å². The summed E-state index contributed by atoms with van der Waals surface area (Å²) in [6, 6.07) is 10.1. The Balaban J connectivity index is 1.16. The summed E-state index contributed by atoms with van der Waals surface area (Å²) in [5.41, 5.74) is 3.79. The van der Waals surface area contributed by atoms with Gasteiger partial charge in [0.25, 0.3) is 0 Å². The van der Waals surface area contributed by atoms with Gasteiger partial charge in [0.15, 0.2) is 0 Å². The summed E-state index contributed by atoms with van der Waals surface area (Å²) in [6.45, 7) is 4.17. The summed E-state index contributed by atoms with van der Waals surface area (Å²) in [5, 5.41) is 10.4. The number of benzene rings is 1. The van der Waals surface area contributed by atoms with Crippen molar-refractivity contribution in [3.05, 3.63) is 53.5 Å². The fourth-order valence-corrected chi connectivity index (χ4v) is 5.15. The van der Waals surface area contributed by atoms with E-state index < -0.39 is 0 Å². The van der Waals surface area contributed by atoms with Gasteiger partial charge in [-0.1, -0.05) is 0 Å². The maximum absolute atomic E-state index is 12.9. The molecule has 2 fully saturated rings. The summed E-state index contributed by atoms with van der Waals surface area (Å²) < 4.78 is 0. The number of nitrogens with zero attached hydrogens (tertiary/aromatic N) is 4. The van der Waals surface area contributed by atoms with Crippen molar-refractivity contribution in [2.24, 2.45) is 0 Å². The van der Waals surface area contributed by atoms with Crippen molar-refractivity contribution in [2.45, 2.75) is 31.7 Å². The van der Waals surface area contributed by atoms with Crippen LogP contribution in [-0.2, 0) is 0 Å². The largest absolute Gasteiger partial charge is 0.324 e. The van der Waals surface area contributed by atoms with Gasteiger partial charge in [0.1, 0.15) is 0 Å². The summed E-state index contributed by atoms with van der Waals surface area (Å²) in [5.74, 6) is 0.544. The molecular weight excluding hydrogens is 420 g/mol. The highest BCUT2D eigenvalue weighted by Crippen LogP contribution is 2.24. The van der Waals surface area contributed by atoms with Crippen LogP contribution in [-0.4, -0.2) is 58.0 Å². The molecule has 0 saturated carbocycles. The average Bonchev–Trinajstić information content (AvgIpc) is 3.59. The SMILES string of the molecule is O=C(Nc1ccc(Nc2ncc(-c3ccsc3)cn2)cc1)N1CCCC1CN1CCCC1. The van der Waals surface area contributed by atoms with Crippen LogP contribution in [0.3, 0.4) is 0 Å². The second-order valence-electron chi connectivity index (χ2n) is 8.44. The Morgan fingerprint density at radius 3 is 2.44 bits per heavy atom. The molecule has 7 nitrogen and oxygen atoms in total. The van der Waals surface area contributed by atoms with Gasteiger partial charge in [-0.15, -0.1) is 0 Å². The molecule has 2 aromatic heterocycles. The lowest BCUT2D eigenvalue weighted by molar-refractivity contribution is 0.186. The minimum atomic E-state index is -0.000224. The molecule has 0 radical (unpaired) electrons. The number of hydrogen-bond donors (Lipinski definition) is 2. The van der Waals surface area contributed by atoms with Crippen molar-refractivity contribution in [3.63, 3.8) is 0 Å². The highest BCUT2D eigenvalue weighted by Gasteiger charge is 2.30. The van der Waals surface area contributed by atoms with Gasteiger partial charge in [0, 0.05) is 48.5 Å². The fourth-order valence-electron chi connectivity index (χ4n) is 4.49. The number of carbonyl (C=O) groups excluding carboxylic acids is 1. The minimum absolute atomic E-state index is 0.000224. The number of anilines is 3. The summed E-state index contributed by atoms with van der Waals surface area (Å²) in [4.78, 5) is 26.2. The van der Waals surface area contributed by atoms with E-state index in [2.05, 4.69) is 36.9 Å². The third-order valence-electron chi connectivity index (χ3n) is 6.20. The second kappa shape index (κ2) is 9.67. The molecule has 2 N–H and O–H groups in total. The van der Waals surface area contributed by atoms with E-state index in [9.17, 15) is 4.79 Å². The average molecular weight is 449 g/mol. The number of nitrogens with one attached hydrogen (secondary N) is 2. The topological polar surface area (TPSA) is 73.4 Å². The van der Waals surface area contributed by atoms with E-state index in [0.29, 0.717) is 12.0 Å². The molecule has 3 aromatic rings. The monoisotopic (exact) mass is 448 g/mol. The van der Waals surface area contributed by atoms with Crippen LogP contribution in [0.4, 0.5) is 22.1 Å². The third kappa shape index (κ3) is 4.92. The first kappa shape index (κ1) is 20.9. The number of carbonyl (C=O) groups is 1. The number of hydrogen-bond acceptors (Lipinski definition) is 6. The summed E-state index contributed by atoms with van der Waals surface area (Å²) in [7, 11) is 0. The highest BCUT2D eigenvalue weighted by molar-refractivity contribution is 7.08. The molecule has 1 atom stereocenters. The first-order chi connectivity index (χ1) is 15.7. The van der Waals surface area contributed by atoms with Crippen LogP contribution in [0.1, 0.15) is 25.7 Å². The van der Waals surface area contributed by atoms with Crippen molar-refractivity contribution in [1.29, 1.82) is 0 Å². The lowest BCUT2D eigenvalue weighted by atomic mass is 10.2. The molecule has 166 valence electrons. The van der Waals surface area contributed by atoms with E-state index >= 15 is 0 Å². The predicted molar refractivity (Wildman–Crippen MR) is 129 cm³/mol. The zero-order valence-electron chi connectivity index (χ0n) is 18.0. The lowest BCUT2D eigenvalue weighted by Crippen LogP contribution is -2.44. The first-order valence-electron chi connectivity index (χ1n) is 11.3. The Morgan fingerprint density at radius 1 is 0.969 bits per heavy atom. The number of thiophene rings is 1. The van der Waals surface area contributed by atoms with Gasteiger partial charge in [-0.05, 0) is 85.4 Å². The number of likely N-dealkylation sites (tertiary alicyclic amines) is 2. The van der Waals surface area contributed by atoms with Crippen molar-refractivity contribution in [1.82, 2.24) is 19.8 Å². The quantitative estimate of drug-likeness (QED) is 0.553. The van der Waals surface area contributed by atoms with Crippen LogP contribution < -0.4 is 10.6 Å². The Morgan fingerprint density at radius 2 is 1.72 bits per heavy atom. The van der Waals surface area contributed by atoms with Gasteiger partial charge in [0.2, 0.25) is 5.95 Å². The normalized spacial score (nSPS) is 18.8. The van der Waals surface area contributed by atoms with Crippen LogP contribution in [0.5, 0.6) is 0 Å². The molecule has 2 saturated heterocycles. The van der Waals surface area contributed by atoms with Gasteiger partial charge in [-0.2, -0.15) is 11.3 Å².